The van der Waals surface area contributed by atoms with E-state index in [-0.39, 0.29) is 5.41 Å². The van der Waals surface area contributed by atoms with Crippen molar-refractivity contribution in [3.63, 3.8) is 0 Å². The third-order valence-electron chi connectivity index (χ3n) is 4.73. The van der Waals surface area contributed by atoms with Crippen LogP contribution in [-0.2, 0) is 10.2 Å². The highest BCUT2D eigenvalue weighted by atomic mass is 16.4. The molecule has 34 heavy (non-hydrogen) atoms. The molecular weight excluding hydrogens is 420 g/mol. The minimum absolute atomic E-state index is 0.144. The van der Waals surface area contributed by atoms with E-state index in [1.54, 1.807) is 0 Å². The van der Waals surface area contributed by atoms with Crippen LogP contribution in [0.4, 0.5) is 5.69 Å². The van der Waals surface area contributed by atoms with Crippen LogP contribution in [0.25, 0.3) is 22.8 Å². The van der Waals surface area contributed by atoms with E-state index in [1.807, 2.05) is 38.2 Å². The lowest BCUT2D eigenvalue weighted by Crippen LogP contribution is -2.10. The predicted octanol–water partition coefficient (Wildman–Crippen LogP) is 9.08. The Hall–Kier alpha value is -2.88. The molecular formula is C30H46N2O2. The Kier molecular flexibility index (Phi) is 15.3. The molecule has 0 fully saturated rings. The molecule has 0 atom stereocenters. The number of hydrogen-bond donors (Lipinski definition) is 1. The van der Waals surface area contributed by atoms with Crippen LogP contribution < -0.4 is 5.32 Å². The van der Waals surface area contributed by atoms with E-state index in [0.717, 1.165) is 34.6 Å². The second-order valence-corrected chi connectivity index (χ2v) is 9.03. The number of aryl methyl sites for hydroxylation is 1. The second-order valence-electron chi connectivity index (χ2n) is 9.03. The molecule has 0 saturated carbocycles. The molecule has 0 amide bonds. The van der Waals surface area contributed by atoms with Crippen LogP contribution in [0.1, 0.15) is 85.9 Å². The largest absolute Gasteiger partial charge is 0.436 e. The highest BCUT2D eigenvalue weighted by molar-refractivity contribution is 5.66. The normalized spacial score (nSPS) is 9.94. The summed E-state index contributed by atoms with van der Waals surface area (Å²) in [5, 5.41) is 3.12. The number of benzene rings is 2. The first-order chi connectivity index (χ1) is 16.1. The monoisotopic (exact) mass is 466 g/mol. The minimum atomic E-state index is 0.144. The fourth-order valence-corrected chi connectivity index (χ4v) is 2.69. The van der Waals surface area contributed by atoms with E-state index < -0.39 is 0 Å². The Morgan fingerprint density at radius 2 is 1.32 bits per heavy atom. The molecule has 188 valence electrons. The molecule has 0 aliphatic carbocycles. The van der Waals surface area contributed by atoms with Gasteiger partial charge in [-0.05, 0) is 61.2 Å². The van der Waals surface area contributed by atoms with Gasteiger partial charge < -0.3 is 14.5 Å². The van der Waals surface area contributed by atoms with E-state index >= 15 is 0 Å². The van der Waals surface area contributed by atoms with Crippen molar-refractivity contribution >= 4 is 12.0 Å². The van der Waals surface area contributed by atoms with Crippen LogP contribution in [0.5, 0.6) is 0 Å². The van der Waals surface area contributed by atoms with Crippen molar-refractivity contribution in [2.75, 3.05) is 12.4 Å². The van der Waals surface area contributed by atoms with Gasteiger partial charge in [0.2, 0.25) is 5.89 Å². The first kappa shape index (κ1) is 31.1. The van der Waals surface area contributed by atoms with Crippen LogP contribution in [-0.4, -0.2) is 18.3 Å². The minimum Gasteiger partial charge on any atom is -0.436 e. The summed E-state index contributed by atoms with van der Waals surface area (Å²) in [4.78, 5) is 13.4. The third-order valence-corrected chi connectivity index (χ3v) is 4.73. The molecule has 0 unspecified atom stereocenters. The molecule has 0 spiro atoms. The Labute approximate surface area is 208 Å². The molecule has 2 aromatic carbocycles. The Balaban J connectivity index is 0.000000934. The topological polar surface area (TPSA) is 55.1 Å². The number of aromatic nitrogens is 1. The molecule has 0 aliphatic heterocycles. The fourth-order valence-electron chi connectivity index (χ4n) is 2.69. The van der Waals surface area contributed by atoms with E-state index in [2.05, 4.69) is 83.0 Å². The van der Waals surface area contributed by atoms with Crippen LogP contribution in [0.15, 0.2) is 52.9 Å². The zero-order chi connectivity index (χ0) is 26.1. The molecule has 1 N–H and O–H groups in total. The van der Waals surface area contributed by atoms with Gasteiger partial charge in [0.1, 0.15) is 6.29 Å². The molecule has 4 heteroatoms. The highest BCUT2D eigenvalue weighted by Gasteiger charge is 2.16. The van der Waals surface area contributed by atoms with E-state index in [1.165, 1.54) is 31.7 Å². The number of nitrogens with one attached hydrogen (secondary N) is 1. The smallest absolute Gasteiger partial charge is 0.226 e. The van der Waals surface area contributed by atoms with Crippen molar-refractivity contribution in [1.82, 2.24) is 4.98 Å². The standard InChI is InChI=1S/C21H24N2O.C4H10.C3H8.C2H4O/c1-14-19(15-8-12-18(22-5)13-9-15)24-20(23-14)16-6-10-17(11-7-16)21(2,3)4;1-3-4-2;1-3-2;1-2-3/h6-13,22H,1-5H3;3-4H2,1-2H3;3H2,1-2H3;2H,1H3. The van der Waals surface area contributed by atoms with Gasteiger partial charge in [0.05, 0.1) is 5.69 Å². The lowest BCUT2D eigenvalue weighted by atomic mass is 9.87. The van der Waals surface area contributed by atoms with Crippen molar-refractivity contribution < 1.29 is 9.21 Å². The lowest BCUT2D eigenvalue weighted by Gasteiger charge is -2.18. The second kappa shape index (κ2) is 16.7. The maximum atomic E-state index is 8.81. The van der Waals surface area contributed by atoms with Gasteiger partial charge in [-0.25, -0.2) is 4.98 Å². The van der Waals surface area contributed by atoms with Crippen molar-refractivity contribution in [2.45, 2.75) is 87.0 Å². The molecule has 1 heterocycles. The number of anilines is 1. The number of oxazole rings is 1. The van der Waals surface area contributed by atoms with Gasteiger partial charge in [0.25, 0.3) is 0 Å². The Bertz CT molecular complexity index is 916. The SMILES string of the molecule is CC=O.CCC.CCCC.CNc1ccc(-c2oc(-c3ccc(C(C)(C)C)cc3)nc2C)cc1. The van der Waals surface area contributed by atoms with Gasteiger partial charge in [0, 0.05) is 23.9 Å². The molecule has 0 saturated heterocycles. The van der Waals surface area contributed by atoms with Gasteiger partial charge in [-0.3, -0.25) is 0 Å². The number of carbonyl (C=O) groups is 1. The number of nitrogens with zero attached hydrogens (tertiary/aromatic N) is 1. The van der Waals surface area contributed by atoms with Crippen molar-refractivity contribution in [3.05, 3.63) is 59.8 Å². The summed E-state index contributed by atoms with van der Waals surface area (Å²) in [6.07, 6.45) is 4.64. The van der Waals surface area contributed by atoms with Crippen LogP contribution in [0.2, 0.25) is 0 Å². The zero-order valence-corrected chi connectivity index (χ0v) is 23.1. The van der Waals surface area contributed by atoms with Gasteiger partial charge >= 0.3 is 0 Å². The highest BCUT2D eigenvalue weighted by Crippen LogP contribution is 2.31. The third kappa shape index (κ3) is 10.8. The molecule has 3 aromatic rings. The van der Waals surface area contributed by atoms with Crippen molar-refractivity contribution in [2.24, 2.45) is 0 Å². The summed E-state index contributed by atoms with van der Waals surface area (Å²) in [5.74, 6) is 1.49. The maximum Gasteiger partial charge on any atom is 0.226 e. The van der Waals surface area contributed by atoms with E-state index in [4.69, 9.17) is 9.21 Å². The molecule has 3 rings (SSSR count). The van der Waals surface area contributed by atoms with Crippen LogP contribution in [0.3, 0.4) is 0 Å². The first-order valence-corrected chi connectivity index (χ1v) is 12.4. The number of hydrogen-bond acceptors (Lipinski definition) is 4. The zero-order valence-electron chi connectivity index (χ0n) is 23.1. The van der Waals surface area contributed by atoms with E-state index in [9.17, 15) is 0 Å². The van der Waals surface area contributed by atoms with Crippen LogP contribution in [0, 0.1) is 6.92 Å². The Morgan fingerprint density at radius 3 is 1.71 bits per heavy atom. The van der Waals surface area contributed by atoms with Crippen molar-refractivity contribution in [1.29, 1.82) is 0 Å². The Morgan fingerprint density at radius 1 is 0.882 bits per heavy atom. The summed E-state index contributed by atoms with van der Waals surface area (Å²) in [7, 11) is 1.91. The molecule has 0 bridgehead atoms. The molecule has 1 aromatic heterocycles. The van der Waals surface area contributed by atoms with Gasteiger partial charge in [-0.2, -0.15) is 0 Å². The summed E-state index contributed by atoms with van der Waals surface area (Å²) in [6, 6.07) is 16.6. The number of unbranched alkanes of at least 4 members (excludes halogenated alkanes) is 1. The predicted molar refractivity (Wildman–Crippen MR) is 149 cm³/mol. The van der Waals surface area contributed by atoms with Crippen molar-refractivity contribution in [3.8, 4) is 22.8 Å². The summed E-state index contributed by atoms with van der Waals surface area (Å²) in [6.45, 7) is 18.7. The summed E-state index contributed by atoms with van der Waals surface area (Å²) >= 11 is 0. The average Bonchev–Trinajstić information content (AvgIpc) is 3.21. The summed E-state index contributed by atoms with van der Waals surface area (Å²) in [5.41, 5.74) is 5.47. The first-order valence-electron chi connectivity index (χ1n) is 12.4. The van der Waals surface area contributed by atoms with E-state index in [0.29, 0.717) is 5.89 Å². The molecule has 0 aliphatic rings. The lowest BCUT2D eigenvalue weighted by molar-refractivity contribution is -0.106. The molecule has 4 nitrogen and oxygen atoms in total. The van der Waals surface area contributed by atoms with Crippen LogP contribution >= 0.6 is 0 Å². The summed E-state index contributed by atoms with van der Waals surface area (Å²) < 4.78 is 6.05. The number of aldehydes is 1. The average molecular weight is 467 g/mol. The van der Waals surface area contributed by atoms with Gasteiger partial charge in [-0.1, -0.05) is 79.9 Å². The van der Waals surface area contributed by atoms with Gasteiger partial charge in [0.15, 0.2) is 5.76 Å². The fraction of sp³-hybridized carbons (Fsp3) is 0.467. The van der Waals surface area contributed by atoms with Gasteiger partial charge in [-0.15, -0.1) is 0 Å². The maximum absolute atomic E-state index is 8.81. The quantitative estimate of drug-likeness (QED) is 0.389. The number of rotatable bonds is 4. The molecule has 0 radical (unpaired) electrons. The number of carbonyl (C=O) groups excluding carboxylic acids is 1.